The molecule has 1 aliphatic rings. The lowest BCUT2D eigenvalue weighted by Gasteiger charge is -2.27. The van der Waals surface area contributed by atoms with E-state index in [1.54, 1.807) is 43.5 Å². The van der Waals surface area contributed by atoms with Crippen LogP contribution in [-0.4, -0.2) is 28.5 Å². The summed E-state index contributed by atoms with van der Waals surface area (Å²) in [6, 6.07) is 11.7. The Bertz CT molecular complexity index is 1320. The van der Waals surface area contributed by atoms with Crippen molar-refractivity contribution in [1.82, 2.24) is 9.38 Å². The maximum Gasteiger partial charge on any atom is 0.328 e. The largest absolute Gasteiger partial charge is 0.458 e. The molecule has 0 aliphatic heterocycles. The Morgan fingerprint density at radius 3 is 2.61 bits per heavy atom. The first-order valence-electron chi connectivity index (χ1n) is 10.2. The number of hydrogen-bond donors (Lipinski definition) is 0. The van der Waals surface area contributed by atoms with Crippen molar-refractivity contribution in [1.29, 1.82) is 0 Å². The zero-order chi connectivity index (χ0) is 22.2. The second kappa shape index (κ2) is 7.92. The minimum Gasteiger partial charge on any atom is -0.458 e. The highest BCUT2D eigenvalue weighted by atomic mass is 32.2. The van der Waals surface area contributed by atoms with E-state index in [2.05, 4.69) is 4.98 Å². The van der Waals surface area contributed by atoms with Crippen molar-refractivity contribution in [2.24, 2.45) is 0 Å². The number of sulfone groups is 1. The third-order valence-corrected chi connectivity index (χ3v) is 8.53. The van der Waals surface area contributed by atoms with E-state index in [9.17, 15) is 18.0 Å². The lowest BCUT2D eigenvalue weighted by Crippen LogP contribution is -2.45. The van der Waals surface area contributed by atoms with Crippen LogP contribution in [0.15, 0.2) is 58.4 Å². The highest BCUT2D eigenvalue weighted by Gasteiger charge is 2.54. The van der Waals surface area contributed by atoms with Crippen molar-refractivity contribution in [3.8, 4) is 0 Å². The summed E-state index contributed by atoms with van der Waals surface area (Å²) in [6.45, 7) is 3.29. The van der Waals surface area contributed by atoms with Gasteiger partial charge < -0.3 is 4.74 Å². The first-order chi connectivity index (χ1) is 14.7. The number of hydrogen-bond acceptors (Lipinski definition) is 6. The Hall–Kier alpha value is -3.00. The summed E-state index contributed by atoms with van der Waals surface area (Å²) in [7, 11) is -3.96. The summed E-state index contributed by atoms with van der Waals surface area (Å²) in [5.41, 5.74) is 1.83. The number of pyridine rings is 1. The minimum absolute atomic E-state index is 0.174. The molecule has 1 fully saturated rings. The first kappa shape index (κ1) is 21.2. The summed E-state index contributed by atoms with van der Waals surface area (Å²) in [5.74, 6) is -0.777. The van der Waals surface area contributed by atoms with Crippen LogP contribution in [0, 0.1) is 13.8 Å². The molecule has 162 valence electrons. The molecule has 2 aromatic heterocycles. The summed E-state index contributed by atoms with van der Waals surface area (Å²) in [6.07, 6.45) is 3.30. The quantitative estimate of drug-likeness (QED) is 0.566. The van der Waals surface area contributed by atoms with E-state index in [4.69, 9.17) is 4.74 Å². The maximum absolute atomic E-state index is 13.6. The monoisotopic (exact) mass is 440 g/mol. The van der Waals surface area contributed by atoms with Crippen molar-refractivity contribution in [2.75, 3.05) is 0 Å². The number of fused-ring (bicyclic) bond motifs is 1. The highest BCUT2D eigenvalue weighted by molar-refractivity contribution is 7.93. The fourth-order valence-corrected chi connectivity index (χ4v) is 6.54. The average molecular weight is 441 g/mol. The summed E-state index contributed by atoms with van der Waals surface area (Å²) < 4.78 is 32.5. The fourth-order valence-electron chi connectivity index (χ4n) is 4.18. The number of rotatable bonds is 5. The molecule has 7 nitrogen and oxygen atoms in total. The van der Waals surface area contributed by atoms with Gasteiger partial charge in [-0.15, -0.1) is 0 Å². The van der Waals surface area contributed by atoms with Gasteiger partial charge in [0.15, 0.2) is 14.6 Å². The van der Waals surface area contributed by atoms with Crippen LogP contribution < -0.4 is 5.56 Å². The molecule has 3 aromatic rings. The molecule has 0 saturated heterocycles. The molecule has 0 unspecified atom stereocenters. The number of esters is 1. The lowest BCUT2D eigenvalue weighted by molar-refractivity contribution is -0.148. The maximum atomic E-state index is 13.6. The second-order valence-corrected chi connectivity index (χ2v) is 10.3. The van der Waals surface area contributed by atoms with Crippen LogP contribution in [0.5, 0.6) is 0 Å². The number of aromatic nitrogens is 2. The molecule has 8 heteroatoms. The third kappa shape index (κ3) is 3.65. The van der Waals surface area contributed by atoms with Crippen molar-refractivity contribution in [3.63, 3.8) is 0 Å². The van der Waals surface area contributed by atoms with Gasteiger partial charge in [-0.3, -0.25) is 14.0 Å². The molecule has 4 rings (SSSR count). The Morgan fingerprint density at radius 2 is 1.87 bits per heavy atom. The van der Waals surface area contributed by atoms with Gasteiger partial charge in [-0.1, -0.05) is 31.0 Å². The summed E-state index contributed by atoms with van der Waals surface area (Å²) >= 11 is 0. The van der Waals surface area contributed by atoms with Crippen molar-refractivity contribution in [2.45, 2.75) is 55.8 Å². The highest BCUT2D eigenvalue weighted by Crippen LogP contribution is 2.42. The Kier molecular flexibility index (Phi) is 5.43. The zero-order valence-electron chi connectivity index (χ0n) is 17.5. The normalized spacial score (nSPS) is 15.8. The van der Waals surface area contributed by atoms with Crippen LogP contribution in [0.1, 0.15) is 42.5 Å². The van der Waals surface area contributed by atoms with Crippen molar-refractivity contribution in [3.05, 3.63) is 75.8 Å². The van der Waals surface area contributed by atoms with E-state index >= 15 is 0 Å². The van der Waals surface area contributed by atoms with Crippen molar-refractivity contribution < 1.29 is 17.9 Å². The number of carbonyl (C=O) groups is 1. The Morgan fingerprint density at radius 1 is 1.13 bits per heavy atom. The molecule has 0 spiro atoms. The van der Waals surface area contributed by atoms with Crippen LogP contribution in [-0.2, 0) is 26.0 Å². The first-order valence-corrected chi connectivity index (χ1v) is 11.7. The van der Waals surface area contributed by atoms with E-state index in [0.717, 1.165) is 5.56 Å². The topological polar surface area (TPSA) is 94.8 Å². The van der Waals surface area contributed by atoms with Gasteiger partial charge in [0.1, 0.15) is 12.3 Å². The SMILES string of the molecule is Cc1ccc(C)c(S(=O)(=O)C2(C(=O)OCc3cc(=O)n4ccccc4n3)CCCC2)c1. The number of aryl methyl sites for hydroxylation is 2. The third-order valence-electron chi connectivity index (χ3n) is 5.91. The van der Waals surface area contributed by atoms with Crippen LogP contribution in [0.4, 0.5) is 0 Å². The number of benzene rings is 1. The molecule has 2 heterocycles. The standard InChI is InChI=1S/C23H24N2O5S/c1-16-8-9-17(2)19(13-16)31(28,29)23(10-4-5-11-23)22(27)30-15-18-14-21(26)25-12-6-3-7-20(25)24-18/h3,6-9,12-14H,4-5,10-11,15H2,1-2H3. The predicted octanol–water partition coefficient (Wildman–Crippen LogP) is 3.14. The van der Waals surface area contributed by atoms with Gasteiger partial charge in [0.25, 0.3) is 5.56 Å². The van der Waals surface area contributed by atoms with Crippen molar-refractivity contribution >= 4 is 21.5 Å². The molecule has 1 aromatic carbocycles. The average Bonchev–Trinajstić information content (AvgIpc) is 3.26. The van der Waals surface area contributed by atoms with Crippen LogP contribution in [0.2, 0.25) is 0 Å². The van der Waals surface area contributed by atoms with E-state index in [0.29, 0.717) is 24.1 Å². The minimum atomic E-state index is -3.96. The fraction of sp³-hybridized carbons (Fsp3) is 0.348. The predicted molar refractivity (Wildman–Crippen MR) is 116 cm³/mol. The molecule has 0 bridgehead atoms. The lowest BCUT2D eigenvalue weighted by atomic mass is 10.1. The van der Waals surface area contributed by atoms with E-state index in [1.807, 2.05) is 13.0 Å². The Balaban J connectivity index is 1.65. The van der Waals surface area contributed by atoms with Gasteiger partial charge in [0.05, 0.1) is 10.6 Å². The smallest absolute Gasteiger partial charge is 0.328 e. The molecule has 1 aliphatic carbocycles. The van der Waals surface area contributed by atoms with E-state index in [-0.39, 0.29) is 35.6 Å². The summed E-state index contributed by atoms with van der Waals surface area (Å²) in [5, 5.41) is 0. The molecule has 0 amide bonds. The van der Waals surface area contributed by atoms with Gasteiger partial charge in [0, 0.05) is 12.3 Å². The molecule has 0 atom stereocenters. The molecule has 1 saturated carbocycles. The zero-order valence-corrected chi connectivity index (χ0v) is 18.3. The molecular formula is C23H24N2O5S. The number of nitrogens with zero attached hydrogens (tertiary/aromatic N) is 2. The number of carbonyl (C=O) groups excluding carboxylic acids is 1. The molecule has 31 heavy (non-hydrogen) atoms. The molecule has 0 radical (unpaired) electrons. The van der Waals surface area contributed by atoms with Crippen LogP contribution >= 0.6 is 0 Å². The summed E-state index contributed by atoms with van der Waals surface area (Å²) in [4.78, 5) is 30.0. The number of ether oxygens (including phenoxy) is 1. The van der Waals surface area contributed by atoms with Gasteiger partial charge >= 0.3 is 5.97 Å². The second-order valence-electron chi connectivity index (χ2n) is 8.06. The molecular weight excluding hydrogens is 416 g/mol. The van der Waals surface area contributed by atoms with Crippen LogP contribution in [0.3, 0.4) is 0 Å². The van der Waals surface area contributed by atoms with E-state index in [1.165, 1.54) is 10.5 Å². The van der Waals surface area contributed by atoms with Gasteiger partial charge in [-0.25, -0.2) is 13.4 Å². The van der Waals surface area contributed by atoms with Gasteiger partial charge in [-0.2, -0.15) is 0 Å². The Labute approximate surface area is 180 Å². The van der Waals surface area contributed by atoms with Gasteiger partial charge in [-0.05, 0) is 56.0 Å². The molecule has 0 N–H and O–H groups in total. The van der Waals surface area contributed by atoms with Crippen LogP contribution in [0.25, 0.3) is 5.65 Å². The van der Waals surface area contributed by atoms with E-state index < -0.39 is 20.6 Å². The van der Waals surface area contributed by atoms with Gasteiger partial charge in [0.2, 0.25) is 0 Å².